The Kier molecular flexibility index (Phi) is 2.81. The molecule has 0 aliphatic heterocycles. The lowest BCUT2D eigenvalue weighted by Crippen LogP contribution is -2.39. The van der Waals surface area contributed by atoms with E-state index in [9.17, 15) is 5.11 Å². The van der Waals surface area contributed by atoms with Crippen LogP contribution < -0.4 is 0 Å². The molecule has 1 N–H and O–H groups in total. The molecule has 0 aromatic carbocycles. The second-order valence-corrected chi connectivity index (χ2v) is 7.41. The third-order valence-electron chi connectivity index (χ3n) is 6.00. The van der Waals surface area contributed by atoms with Crippen LogP contribution in [0.5, 0.6) is 0 Å². The van der Waals surface area contributed by atoms with Crippen LogP contribution in [0.15, 0.2) is 0 Å². The van der Waals surface area contributed by atoms with Crippen molar-refractivity contribution in [2.24, 2.45) is 23.2 Å². The second kappa shape index (κ2) is 3.98. The van der Waals surface area contributed by atoms with Gasteiger partial charge in [0.1, 0.15) is 0 Å². The lowest BCUT2D eigenvalue weighted by atomic mass is 9.70. The SMILES string of the molecule is CC(C)CC1(C2(O)C3CCCCC32)CCCC1. The van der Waals surface area contributed by atoms with Crippen molar-refractivity contribution in [3.05, 3.63) is 0 Å². The minimum Gasteiger partial charge on any atom is -0.389 e. The number of hydrogen-bond donors (Lipinski definition) is 1. The van der Waals surface area contributed by atoms with Gasteiger partial charge >= 0.3 is 0 Å². The average molecular weight is 236 g/mol. The molecular weight excluding hydrogens is 208 g/mol. The molecular formula is C16H28O. The highest BCUT2D eigenvalue weighted by Crippen LogP contribution is 2.71. The zero-order valence-corrected chi connectivity index (χ0v) is 11.5. The Morgan fingerprint density at radius 1 is 1.00 bits per heavy atom. The van der Waals surface area contributed by atoms with E-state index in [1.54, 1.807) is 0 Å². The minimum atomic E-state index is -0.246. The highest BCUT2D eigenvalue weighted by Gasteiger charge is 2.72. The molecule has 3 rings (SSSR count). The maximum absolute atomic E-state index is 11.3. The Labute approximate surface area is 106 Å². The highest BCUT2D eigenvalue weighted by molar-refractivity contribution is 5.22. The quantitative estimate of drug-likeness (QED) is 0.780. The molecule has 3 saturated carbocycles. The van der Waals surface area contributed by atoms with Gasteiger partial charge in [-0.2, -0.15) is 0 Å². The van der Waals surface area contributed by atoms with Crippen molar-refractivity contribution in [3.8, 4) is 0 Å². The molecule has 1 nitrogen and oxygen atoms in total. The van der Waals surface area contributed by atoms with E-state index in [2.05, 4.69) is 13.8 Å². The molecule has 2 unspecified atom stereocenters. The van der Waals surface area contributed by atoms with Crippen LogP contribution in [0.3, 0.4) is 0 Å². The molecule has 0 radical (unpaired) electrons. The maximum atomic E-state index is 11.3. The van der Waals surface area contributed by atoms with Gasteiger partial charge in [-0.1, -0.05) is 39.5 Å². The van der Waals surface area contributed by atoms with Gasteiger partial charge < -0.3 is 5.11 Å². The molecule has 98 valence electrons. The molecule has 0 spiro atoms. The fourth-order valence-electron chi connectivity index (χ4n) is 5.48. The van der Waals surface area contributed by atoms with E-state index < -0.39 is 0 Å². The van der Waals surface area contributed by atoms with E-state index in [0.29, 0.717) is 17.3 Å². The fraction of sp³-hybridized carbons (Fsp3) is 1.00. The first-order valence-electron chi connectivity index (χ1n) is 7.82. The van der Waals surface area contributed by atoms with Crippen LogP contribution >= 0.6 is 0 Å². The van der Waals surface area contributed by atoms with E-state index in [1.165, 1.54) is 57.8 Å². The molecule has 3 aliphatic rings. The summed E-state index contributed by atoms with van der Waals surface area (Å²) in [5, 5.41) is 11.3. The molecule has 0 saturated heterocycles. The van der Waals surface area contributed by atoms with E-state index in [4.69, 9.17) is 0 Å². The molecule has 0 amide bonds. The van der Waals surface area contributed by atoms with Crippen molar-refractivity contribution in [2.45, 2.75) is 77.2 Å². The van der Waals surface area contributed by atoms with Gasteiger partial charge in [0.15, 0.2) is 0 Å². The monoisotopic (exact) mass is 236 g/mol. The number of hydrogen-bond acceptors (Lipinski definition) is 1. The molecule has 2 atom stereocenters. The van der Waals surface area contributed by atoms with Gasteiger partial charge in [-0.05, 0) is 55.3 Å². The summed E-state index contributed by atoms with van der Waals surface area (Å²) >= 11 is 0. The smallest absolute Gasteiger partial charge is 0.0767 e. The molecule has 0 heterocycles. The summed E-state index contributed by atoms with van der Waals surface area (Å²) in [6.45, 7) is 4.66. The van der Waals surface area contributed by atoms with Crippen LogP contribution in [0.4, 0.5) is 0 Å². The Hall–Kier alpha value is -0.0400. The van der Waals surface area contributed by atoms with Gasteiger partial charge in [0.25, 0.3) is 0 Å². The van der Waals surface area contributed by atoms with Gasteiger partial charge in [-0.15, -0.1) is 0 Å². The Morgan fingerprint density at radius 3 is 2.00 bits per heavy atom. The first kappa shape index (κ1) is 12.0. The first-order valence-corrected chi connectivity index (χ1v) is 7.82. The number of rotatable bonds is 3. The van der Waals surface area contributed by atoms with Gasteiger partial charge in [0.05, 0.1) is 5.60 Å². The summed E-state index contributed by atoms with van der Waals surface area (Å²) < 4.78 is 0. The first-order chi connectivity index (χ1) is 8.10. The Bertz CT molecular complexity index is 276. The summed E-state index contributed by atoms with van der Waals surface area (Å²) in [5.74, 6) is 2.08. The van der Waals surface area contributed by atoms with Crippen LogP contribution in [0, 0.1) is 23.2 Å². The summed E-state index contributed by atoms with van der Waals surface area (Å²) in [6, 6.07) is 0. The summed E-state index contributed by atoms with van der Waals surface area (Å²) in [5.41, 5.74) is 0.0606. The number of fused-ring (bicyclic) bond motifs is 1. The maximum Gasteiger partial charge on any atom is 0.0767 e. The standard InChI is InChI=1S/C16H28O/c1-12(2)11-15(9-5-6-10-15)16(17)13-7-3-4-8-14(13)16/h12-14,17H,3-11H2,1-2H3. The van der Waals surface area contributed by atoms with Gasteiger partial charge in [-0.25, -0.2) is 0 Å². The van der Waals surface area contributed by atoms with Crippen LogP contribution in [-0.4, -0.2) is 10.7 Å². The molecule has 0 aromatic heterocycles. The van der Waals surface area contributed by atoms with Crippen molar-refractivity contribution in [1.82, 2.24) is 0 Å². The van der Waals surface area contributed by atoms with E-state index in [1.807, 2.05) is 0 Å². The van der Waals surface area contributed by atoms with E-state index in [0.717, 1.165) is 5.92 Å². The summed E-state index contributed by atoms with van der Waals surface area (Å²) in [7, 11) is 0. The van der Waals surface area contributed by atoms with Crippen LogP contribution in [-0.2, 0) is 0 Å². The molecule has 0 aromatic rings. The van der Waals surface area contributed by atoms with Crippen LogP contribution in [0.2, 0.25) is 0 Å². The van der Waals surface area contributed by atoms with Crippen molar-refractivity contribution in [3.63, 3.8) is 0 Å². The normalized spacial score (nSPS) is 43.8. The lowest BCUT2D eigenvalue weighted by molar-refractivity contribution is -0.0333. The van der Waals surface area contributed by atoms with Crippen molar-refractivity contribution >= 4 is 0 Å². The average Bonchev–Trinajstić information content (AvgIpc) is 2.71. The number of aliphatic hydroxyl groups is 1. The van der Waals surface area contributed by atoms with Gasteiger partial charge in [0.2, 0.25) is 0 Å². The predicted octanol–water partition coefficient (Wildman–Crippen LogP) is 4.14. The van der Waals surface area contributed by atoms with Crippen molar-refractivity contribution < 1.29 is 5.11 Å². The molecule has 3 aliphatic carbocycles. The molecule has 17 heavy (non-hydrogen) atoms. The Balaban J connectivity index is 1.84. The lowest BCUT2D eigenvalue weighted by Gasteiger charge is -2.38. The van der Waals surface area contributed by atoms with Gasteiger partial charge in [-0.3, -0.25) is 0 Å². The third-order valence-corrected chi connectivity index (χ3v) is 6.00. The zero-order valence-electron chi connectivity index (χ0n) is 11.5. The predicted molar refractivity (Wildman–Crippen MR) is 70.8 cm³/mol. The summed E-state index contributed by atoms with van der Waals surface area (Å²) in [6.07, 6.45) is 11.9. The van der Waals surface area contributed by atoms with E-state index in [-0.39, 0.29) is 5.60 Å². The summed E-state index contributed by atoms with van der Waals surface area (Å²) in [4.78, 5) is 0. The fourth-order valence-corrected chi connectivity index (χ4v) is 5.48. The largest absolute Gasteiger partial charge is 0.389 e. The molecule has 0 bridgehead atoms. The zero-order chi connectivity index (χ0) is 12.1. The van der Waals surface area contributed by atoms with Gasteiger partial charge in [0, 0.05) is 0 Å². The van der Waals surface area contributed by atoms with E-state index >= 15 is 0 Å². The topological polar surface area (TPSA) is 20.2 Å². The van der Waals surface area contributed by atoms with Crippen molar-refractivity contribution in [2.75, 3.05) is 0 Å². The van der Waals surface area contributed by atoms with Crippen LogP contribution in [0.25, 0.3) is 0 Å². The van der Waals surface area contributed by atoms with Crippen LogP contribution in [0.1, 0.15) is 71.6 Å². The van der Waals surface area contributed by atoms with Crippen molar-refractivity contribution in [1.29, 1.82) is 0 Å². The Morgan fingerprint density at radius 2 is 1.53 bits per heavy atom. The second-order valence-electron chi connectivity index (χ2n) is 7.41. The highest BCUT2D eigenvalue weighted by atomic mass is 16.3. The molecule has 1 heteroatoms. The third kappa shape index (κ3) is 1.61. The molecule has 3 fully saturated rings. The minimum absolute atomic E-state index is 0.246.